The van der Waals surface area contributed by atoms with Crippen molar-refractivity contribution in [1.82, 2.24) is 0 Å². The molecule has 2 aliphatic rings. The van der Waals surface area contributed by atoms with Crippen molar-refractivity contribution in [2.45, 2.75) is 43.8 Å². The van der Waals surface area contributed by atoms with Crippen LogP contribution in [0.4, 0.5) is 0 Å². The van der Waals surface area contributed by atoms with E-state index in [-0.39, 0.29) is 21.8 Å². The summed E-state index contributed by atoms with van der Waals surface area (Å²) in [6.45, 7) is 0.349. The number of rotatable bonds is 10. The van der Waals surface area contributed by atoms with E-state index in [9.17, 15) is 0 Å². The van der Waals surface area contributed by atoms with Gasteiger partial charge in [0, 0.05) is 6.61 Å². The zero-order valence-corrected chi connectivity index (χ0v) is 14.0. The van der Waals surface area contributed by atoms with Crippen molar-refractivity contribution in [3.05, 3.63) is 45.9 Å². The molecule has 2 heterocycles. The minimum absolute atomic E-state index is 0.00565. The van der Waals surface area contributed by atoms with Crippen molar-refractivity contribution >= 4 is 21.8 Å². The maximum absolute atomic E-state index is 8.88. The molecule has 20 heavy (non-hydrogen) atoms. The Balaban J connectivity index is 1.70. The lowest BCUT2D eigenvalue weighted by molar-refractivity contribution is 0.282. The molecule has 2 aliphatic heterocycles. The van der Waals surface area contributed by atoms with Crippen LogP contribution in [0.15, 0.2) is 45.9 Å². The molecule has 1 unspecified atom stereocenters. The minimum Gasteiger partial charge on any atom is -0.396 e. The van der Waals surface area contributed by atoms with Gasteiger partial charge in [-0.05, 0) is 58.3 Å². The predicted octanol–water partition coefficient (Wildman–Crippen LogP) is 4.77. The molecule has 0 aromatic heterocycles. The SMILES string of the molecule is OCCCCCC(CCC[SH]1C=CC=C1)[SH]1C=CC=C1. The normalized spacial score (nSPS) is 21.2. The average molecular weight is 313 g/mol. The molecular formula is C17H28OS2. The van der Waals surface area contributed by atoms with Crippen LogP contribution >= 0.6 is 21.8 Å². The Morgan fingerprint density at radius 3 is 2.10 bits per heavy atom. The molecule has 0 aliphatic carbocycles. The fraction of sp³-hybridized carbons (Fsp3) is 0.529. The van der Waals surface area contributed by atoms with Gasteiger partial charge in [0.05, 0.1) is 0 Å². The molecule has 0 amide bonds. The average Bonchev–Trinajstić information content (AvgIpc) is 3.14. The van der Waals surface area contributed by atoms with E-state index in [1.165, 1.54) is 37.9 Å². The molecule has 0 radical (unpaired) electrons. The van der Waals surface area contributed by atoms with Gasteiger partial charge in [-0.3, -0.25) is 0 Å². The number of unbranched alkanes of at least 4 members (excludes halogenated alkanes) is 2. The van der Waals surface area contributed by atoms with Gasteiger partial charge in [-0.1, -0.05) is 37.1 Å². The summed E-state index contributed by atoms with van der Waals surface area (Å²) in [7, 11) is 0.0648. The van der Waals surface area contributed by atoms with Crippen molar-refractivity contribution in [2.75, 3.05) is 12.4 Å². The van der Waals surface area contributed by atoms with E-state index < -0.39 is 0 Å². The Bertz CT molecular complexity index is 360. The fourth-order valence-electron chi connectivity index (χ4n) is 2.73. The second-order valence-electron chi connectivity index (χ2n) is 5.42. The van der Waals surface area contributed by atoms with Gasteiger partial charge in [0.2, 0.25) is 0 Å². The number of hydrogen-bond acceptors (Lipinski definition) is 1. The quantitative estimate of drug-likeness (QED) is 0.392. The van der Waals surface area contributed by atoms with Crippen molar-refractivity contribution in [3.8, 4) is 0 Å². The third-order valence-corrected chi connectivity index (χ3v) is 8.20. The highest BCUT2D eigenvalue weighted by Crippen LogP contribution is 2.43. The van der Waals surface area contributed by atoms with Crippen LogP contribution in [0.3, 0.4) is 0 Å². The molecule has 0 fully saturated rings. The molecule has 1 N–H and O–H groups in total. The van der Waals surface area contributed by atoms with Crippen LogP contribution in [-0.4, -0.2) is 22.7 Å². The van der Waals surface area contributed by atoms with Crippen LogP contribution < -0.4 is 0 Å². The number of aliphatic hydroxyl groups is 1. The van der Waals surface area contributed by atoms with E-state index in [4.69, 9.17) is 5.11 Å². The largest absolute Gasteiger partial charge is 0.396 e. The summed E-state index contributed by atoms with van der Waals surface area (Å²) in [4.78, 5) is 0. The number of allylic oxidation sites excluding steroid dienone is 4. The summed E-state index contributed by atoms with van der Waals surface area (Å²) in [6, 6.07) is 0. The third-order valence-electron chi connectivity index (χ3n) is 3.86. The Labute approximate surface area is 129 Å². The molecule has 0 spiro atoms. The minimum atomic E-state index is -0.00565. The molecular weight excluding hydrogens is 284 g/mol. The van der Waals surface area contributed by atoms with Crippen molar-refractivity contribution in [1.29, 1.82) is 0 Å². The summed E-state index contributed by atoms with van der Waals surface area (Å²) in [5.41, 5.74) is 0. The lowest BCUT2D eigenvalue weighted by Gasteiger charge is -2.25. The molecule has 1 atom stereocenters. The van der Waals surface area contributed by atoms with Gasteiger partial charge >= 0.3 is 0 Å². The number of aliphatic hydroxyl groups excluding tert-OH is 1. The first-order chi connectivity index (χ1) is 9.90. The van der Waals surface area contributed by atoms with Gasteiger partial charge in [-0.2, -0.15) is 0 Å². The third kappa shape index (κ3) is 5.55. The monoisotopic (exact) mass is 312 g/mol. The smallest absolute Gasteiger partial charge is 0.0431 e. The summed E-state index contributed by atoms with van der Waals surface area (Å²) >= 11 is 0. The van der Waals surface area contributed by atoms with Crippen LogP contribution in [-0.2, 0) is 0 Å². The van der Waals surface area contributed by atoms with Crippen molar-refractivity contribution in [3.63, 3.8) is 0 Å². The lowest BCUT2D eigenvalue weighted by atomic mass is 10.1. The number of thiol groups is 2. The predicted molar refractivity (Wildman–Crippen MR) is 98.0 cm³/mol. The second kappa shape index (κ2) is 9.54. The van der Waals surface area contributed by atoms with Crippen molar-refractivity contribution in [2.24, 2.45) is 0 Å². The highest BCUT2D eigenvalue weighted by Gasteiger charge is 2.15. The zero-order chi connectivity index (χ0) is 14.0. The Morgan fingerprint density at radius 2 is 1.40 bits per heavy atom. The maximum Gasteiger partial charge on any atom is 0.0431 e. The van der Waals surface area contributed by atoms with Crippen molar-refractivity contribution < 1.29 is 5.11 Å². The molecule has 0 bridgehead atoms. The van der Waals surface area contributed by atoms with Crippen LogP contribution in [0.25, 0.3) is 0 Å². The summed E-state index contributed by atoms with van der Waals surface area (Å²) in [5, 5.41) is 19.4. The molecule has 0 aromatic carbocycles. The second-order valence-corrected chi connectivity index (χ2v) is 9.71. The van der Waals surface area contributed by atoms with E-state index in [1.807, 2.05) is 0 Å². The summed E-state index contributed by atoms with van der Waals surface area (Å²) in [6.07, 6.45) is 16.3. The summed E-state index contributed by atoms with van der Waals surface area (Å²) in [5.74, 6) is 1.37. The molecule has 114 valence electrons. The van der Waals surface area contributed by atoms with Crippen LogP contribution in [0.2, 0.25) is 0 Å². The Morgan fingerprint density at radius 1 is 0.750 bits per heavy atom. The molecule has 1 nitrogen and oxygen atoms in total. The standard InChI is InChI=1S/C17H28OS2/c18-11-3-1-2-9-17(20-15-6-7-16-20)10-8-14-19-12-4-5-13-19/h4-7,12-13,15-20H,1-3,8-11,14H2. The molecule has 2 rings (SSSR count). The molecule has 0 saturated carbocycles. The Hall–Kier alpha value is -0.380. The van der Waals surface area contributed by atoms with Gasteiger partial charge < -0.3 is 5.11 Å². The van der Waals surface area contributed by atoms with E-state index in [0.29, 0.717) is 6.61 Å². The fourth-order valence-corrected chi connectivity index (χ4v) is 6.46. The molecule has 0 saturated heterocycles. The Kier molecular flexibility index (Phi) is 7.63. The molecule has 3 heteroatoms. The van der Waals surface area contributed by atoms with Gasteiger partial charge in [0.25, 0.3) is 0 Å². The van der Waals surface area contributed by atoms with E-state index >= 15 is 0 Å². The van der Waals surface area contributed by atoms with Crippen LogP contribution in [0, 0.1) is 0 Å². The van der Waals surface area contributed by atoms with Gasteiger partial charge in [-0.25, -0.2) is 21.8 Å². The first-order valence-electron chi connectivity index (χ1n) is 7.74. The van der Waals surface area contributed by atoms with Crippen LogP contribution in [0.5, 0.6) is 0 Å². The van der Waals surface area contributed by atoms with Gasteiger partial charge in [0.15, 0.2) is 0 Å². The first kappa shape index (κ1) is 16.0. The van der Waals surface area contributed by atoms with Gasteiger partial charge in [-0.15, -0.1) is 0 Å². The topological polar surface area (TPSA) is 20.2 Å². The highest BCUT2D eigenvalue weighted by molar-refractivity contribution is 8.23. The molecule has 0 aromatic rings. The van der Waals surface area contributed by atoms with E-state index in [0.717, 1.165) is 11.7 Å². The van der Waals surface area contributed by atoms with Crippen LogP contribution in [0.1, 0.15) is 38.5 Å². The number of hydrogen-bond donors (Lipinski definition) is 3. The first-order valence-corrected chi connectivity index (χ1v) is 11.0. The van der Waals surface area contributed by atoms with Gasteiger partial charge in [0.1, 0.15) is 0 Å². The zero-order valence-electron chi connectivity index (χ0n) is 12.2. The highest BCUT2D eigenvalue weighted by atomic mass is 32.2. The van der Waals surface area contributed by atoms with E-state index in [1.54, 1.807) is 0 Å². The summed E-state index contributed by atoms with van der Waals surface area (Å²) < 4.78 is 0. The lowest BCUT2D eigenvalue weighted by Crippen LogP contribution is -2.07. The van der Waals surface area contributed by atoms with E-state index in [2.05, 4.69) is 45.9 Å². The maximum atomic E-state index is 8.88.